The number of carbonyl (C=O) groups excluding carboxylic acids is 1. The third-order valence-electron chi connectivity index (χ3n) is 3.39. The summed E-state index contributed by atoms with van der Waals surface area (Å²) in [6.07, 6.45) is 8.37. The van der Waals surface area contributed by atoms with Crippen molar-refractivity contribution >= 4 is 15.8 Å². The van der Waals surface area contributed by atoms with Gasteiger partial charge in [0, 0.05) is 5.92 Å². The molecule has 100 valence electrons. The highest BCUT2D eigenvalue weighted by Gasteiger charge is 2.48. The van der Waals surface area contributed by atoms with Crippen LogP contribution in [-0.4, -0.2) is 25.4 Å². The van der Waals surface area contributed by atoms with Gasteiger partial charge in [-0.1, -0.05) is 31.9 Å². The molecule has 0 N–H and O–H groups in total. The van der Waals surface area contributed by atoms with Crippen LogP contribution in [0.2, 0.25) is 0 Å². The average Bonchev–Trinajstić information content (AvgIpc) is 2.65. The summed E-state index contributed by atoms with van der Waals surface area (Å²) in [6, 6.07) is 0. The third kappa shape index (κ3) is 2.51. The van der Waals surface area contributed by atoms with Crippen molar-refractivity contribution in [2.75, 3.05) is 5.75 Å². The molecule has 0 aromatic rings. The van der Waals surface area contributed by atoms with Crippen LogP contribution in [0.4, 0.5) is 0 Å². The van der Waals surface area contributed by atoms with Crippen LogP contribution in [0.3, 0.4) is 0 Å². The summed E-state index contributed by atoms with van der Waals surface area (Å²) in [5.41, 5.74) is 0. The number of fused-ring (bicyclic) bond motifs is 1. The van der Waals surface area contributed by atoms with Crippen molar-refractivity contribution in [1.29, 1.82) is 0 Å². The Morgan fingerprint density at radius 2 is 2.17 bits per heavy atom. The molecule has 0 spiro atoms. The van der Waals surface area contributed by atoms with Gasteiger partial charge >= 0.3 is 5.97 Å². The van der Waals surface area contributed by atoms with Crippen LogP contribution in [-0.2, 0) is 19.4 Å². The Hall–Kier alpha value is -1.10. The lowest BCUT2D eigenvalue weighted by Crippen LogP contribution is -2.34. The molecule has 4 nitrogen and oxygen atoms in total. The van der Waals surface area contributed by atoms with E-state index in [4.69, 9.17) is 4.74 Å². The van der Waals surface area contributed by atoms with Gasteiger partial charge in [0.25, 0.3) is 0 Å². The van der Waals surface area contributed by atoms with Crippen LogP contribution in [0.15, 0.2) is 24.0 Å². The molecule has 0 amide bonds. The van der Waals surface area contributed by atoms with E-state index < -0.39 is 21.1 Å². The largest absolute Gasteiger partial charge is 0.430 e. The van der Waals surface area contributed by atoms with Crippen LogP contribution in [0.5, 0.6) is 0 Å². The summed E-state index contributed by atoms with van der Waals surface area (Å²) in [5, 5.41) is -0.995. The molecular weight excluding hydrogens is 252 g/mol. The molecule has 2 unspecified atom stereocenters. The second-order valence-electron chi connectivity index (χ2n) is 4.76. The number of carbonyl (C=O) groups is 1. The quantitative estimate of drug-likeness (QED) is 0.566. The van der Waals surface area contributed by atoms with E-state index in [2.05, 4.69) is 0 Å². The Morgan fingerprint density at radius 1 is 1.39 bits per heavy atom. The van der Waals surface area contributed by atoms with Gasteiger partial charge in [0.05, 0.1) is 5.75 Å². The molecule has 1 aliphatic heterocycles. The van der Waals surface area contributed by atoms with Gasteiger partial charge in [0.2, 0.25) is 0 Å². The molecular formula is C13H18O4S. The van der Waals surface area contributed by atoms with Gasteiger partial charge in [-0.25, -0.2) is 8.42 Å². The lowest BCUT2D eigenvalue weighted by Gasteiger charge is -2.16. The van der Waals surface area contributed by atoms with E-state index in [1.165, 1.54) is 0 Å². The van der Waals surface area contributed by atoms with E-state index in [-0.39, 0.29) is 11.7 Å². The summed E-state index contributed by atoms with van der Waals surface area (Å²) in [5.74, 6) is -0.333. The number of unbranched alkanes of at least 4 members (excludes halogenated alkanes) is 2. The summed E-state index contributed by atoms with van der Waals surface area (Å²) >= 11 is 0. The molecule has 1 saturated heterocycles. The zero-order chi connectivity index (χ0) is 13.2. The summed E-state index contributed by atoms with van der Waals surface area (Å²) in [4.78, 5) is 11.8. The first kappa shape index (κ1) is 13.3. The molecule has 1 fully saturated rings. The number of hydrogen-bond donors (Lipinski definition) is 0. The molecule has 1 heterocycles. The fraction of sp³-hybridized carbons (Fsp3) is 0.615. The molecule has 2 aliphatic rings. The monoisotopic (exact) mass is 270 g/mol. The van der Waals surface area contributed by atoms with Gasteiger partial charge in [0.1, 0.15) is 5.76 Å². The first-order valence-corrected chi connectivity index (χ1v) is 8.08. The number of ether oxygens (including phenoxy) is 1. The molecule has 0 radical (unpaired) electrons. The fourth-order valence-corrected chi connectivity index (χ4v) is 4.37. The second-order valence-corrected chi connectivity index (χ2v) is 7.00. The topological polar surface area (TPSA) is 60.4 Å². The van der Waals surface area contributed by atoms with Crippen LogP contribution < -0.4 is 0 Å². The zero-order valence-electron chi connectivity index (χ0n) is 10.5. The van der Waals surface area contributed by atoms with Crippen LogP contribution in [0.25, 0.3) is 0 Å². The smallest absolute Gasteiger partial charge is 0.330 e. The maximum Gasteiger partial charge on any atom is 0.330 e. The summed E-state index contributed by atoms with van der Waals surface area (Å²) in [6.45, 7) is 2.02. The van der Waals surface area contributed by atoms with Gasteiger partial charge in [0.15, 0.2) is 15.1 Å². The molecule has 2 rings (SSSR count). The Kier molecular flexibility index (Phi) is 3.90. The number of allylic oxidation sites excluding steroid dienone is 4. The lowest BCUT2D eigenvalue weighted by molar-refractivity contribution is -0.135. The van der Waals surface area contributed by atoms with Crippen LogP contribution in [0, 0.1) is 5.92 Å². The third-order valence-corrected chi connectivity index (χ3v) is 5.54. The predicted octanol–water partition coefficient (Wildman–Crippen LogP) is 1.98. The van der Waals surface area contributed by atoms with E-state index in [0.29, 0.717) is 18.6 Å². The van der Waals surface area contributed by atoms with E-state index in [9.17, 15) is 13.2 Å². The normalized spacial score (nSPS) is 26.7. The summed E-state index contributed by atoms with van der Waals surface area (Å²) in [7, 11) is -3.40. The highest BCUT2D eigenvalue weighted by atomic mass is 32.2. The fourth-order valence-electron chi connectivity index (χ4n) is 2.43. The number of rotatable bonds is 5. The molecule has 0 saturated carbocycles. The van der Waals surface area contributed by atoms with Gasteiger partial charge in [-0.15, -0.1) is 0 Å². The van der Waals surface area contributed by atoms with Crippen molar-refractivity contribution < 1.29 is 17.9 Å². The van der Waals surface area contributed by atoms with Gasteiger partial charge < -0.3 is 4.74 Å². The highest BCUT2D eigenvalue weighted by molar-refractivity contribution is 7.92. The molecule has 18 heavy (non-hydrogen) atoms. The highest BCUT2D eigenvalue weighted by Crippen LogP contribution is 2.36. The van der Waals surface area contributed by atoms with E-state index in [1.807, 2.05) is 13.0 Å². The first-order valence-electron chi connectivity index (χ1n) is 6.36. The van der Waals surface area contributed by atoms with Crippen molar-refractivity contribution in [3.8, 4) is 0 Å². The SMILES string of the molecule is CCCCCS(=O)(=O)C1C(=O)OC2=CC=CCC21. The molecule has 2 atom stereocenters. The van der Waals surface area contributed by atoms with Crippen LogP contribution >= 0.6 is 0 Å². The number of esters is 1. The number of hydrogen-bond acceptors (Lipinski definition) is 4. The van der Waals surface area contributed by atoms with Gasteiger partial charge in [-0.3, -0.25) is 4.79 Å². The molecule has 0 aromatic carbocycles. The van der Waals surface area contributed by atoms with E-state index >= 15 is 0 Å². The van der Waals surface area contributed by atoms with Crippen molar-refractivity contribution in [2.24, 2.45) is 5.92 Å². The Labute approximate surface area is 108 Å². The molecule has 0 aromatic heterocycles. The minimum Gasteiger partial charge on any atom is -0.430 e. The van der Waals surface area contributed by atoms with E-state index in [0.717, 1.165) is 12.8 Å². The standard InChI is InChI=1S/C13H18O4S/c1-2-3-6-9-18(15,16)12-10-7-4-5-8-11(10)17-13(12)14/h4-5,8,10,12H,2-3,6-7,9H2,1H3. The average molecular weight is 270 g/mol. The first-order chi connectivity index (χ1) is 8.56. The van der Waals surface area contributed by atoms with Crippen molar-refractivity contribution in [1.82, 2.24) is 0 Å². The zero-order valence-corrected chi connectivity index (χ0v) is 11.3. The van der Waals surface area contributed by atoms with Crippen molar-refractivity contribution in [3.05, 3.63) is 24.0 Å². The molecule has 0 bridgehead atoms. The Morgan fingerprint density at radius 3 is 2.89 bits per heavy atom. The maximum absolute atomic E-state index is 12.2. The lowest BCUT2D eigenvalue weighted by atomic mass is 9.97. The summed E-state index contributed by atoms with van der Waals surface area (Å²) < 4.78 is 29.5. The van der Waals surface area contributed by atoms with Crippen molar-refractivity contribution in [2.45, 2.75) is 37.9 Å². The Bertz CT molecular complexity index is 487. The van der Waals surface area contributed by atoms with Gasteiger partial charge in [-0.2, -0.15) is 0 Å². The minimum atomic E-state index is -3.40. The predicted molar refractivity (Wildman–Crippen MR) is 68.5 cm³/mol. The maximum atomic E-state index is 12.2. The molecule has 1 aliphatic carbocycles. The van der Waals surface area contributed by atoms with Crippen LogP contribution in [0.1, 0.15) is 32.6 Å². The second kappa shape index (κ2) is 5.26. The number of sulfone groups is 1. The molecule has 5 heteroatoms. The van der Waals surface area contributed by atoms with E-state index in [1.54, 1.807) is 12.2 Å². The van der Waals surface area contributed by atoms with Gasteiger partial charge in [-0.05, 0) is 18.9 Å². The minimum absolute atomic E-state index is 0.0775. The van der Waals surface area contributed by atoms with Crippen molar-refractivity contribution in [3.63, 3.8) is 0 Å². The Balaban J connectivity index is 2.14.